The number of benzene rings is 2. The summed E-state index contributed by atoms with van der Waals surface area (Å²) in [5.41, 5.74) is 13.8. The molecule has 2 aromatic rings. The van der Waals surface area contributed by atoms with Gasteiger partial charge in [-0.05, 0) is 42.5 Å². The van der Waals surface area contributed by atoms with Crippen LogP contribution < -0.4 is 27.4 Å². The number of amides is 3. The van der Waals surface area contributed by atoms with Crippen LogP contribution in [0.3, 0.4) is 0 Å². The van der Waals surface area contributed by atoms with Crippen molar-refractivity contribution in [1.29, 1.82) is 0 Å². The van der Waals surface area contributed by atoms with Crippen molar-refractivity contribution < 1.29 is 44.1 Å². The summed E-state index contributed by atoms with van der Waals surface area (Å²) in [6.45, 7) is 12.4. The van der Waals surface area contributed by atoms with E-state index in [1.54, 1.807) is 4.90 Å². The zero-order chi connectivity index (χ0) is 47.0. The molecule has 1 saturated heterocycles. The number of aliphatic imine (C=N–C) groups is 1. The molecule has 2 aromatic carbocycles. The third-order valence-corrected chi connectivity index (χ3v) is 10.0. The molecule has 1 aliphatic rings. The first-order valence-electron chi connectivity index (χ1n) is 21.8. The Kier molecular flexibility index (Phi) is 29.0. The molecular weight excluding hydrogens is 813 g/mol. The minimum Gasteiger partial charge on any atom is -0.483 e. The first-order valence-corrected chi connectivity index (χ1v) is 21.8. The Morgan fingerprint density at radius 1 is 0.698 bits per heavy atom. The van der Waals surface area contributed by atoms with Gasteiger partial charge in [0.1, 0.15) is 12.1 Å². The Morgan fingerprint density at radius 3 is 1.67 bits per heavy atom. The van der Waals surface area contributed by atoms with Crippen molar-refractivity contribution in [2.24, 2.45) is 16.5 Å². The van der Waals surface area contributed by atoms with Crippen molar-refractivity contribution in [3.63, 3.8) is 0 Å². The minimum atomic E-state index is -1.03. The molecule has 352 valence electrons. The van der Waals surface area contributed by atoms with Crippen LogP contribution in [0.1, 0.15) is 58.9 Å². The molecule has 19 heteroatoms. The van der Waals surface area contributed by atoms with E-state index in [1.807, 2.05) is 92.1 Å². The average molecular weight is 885 g/mol. The van der Waals surface area contributed by atoms with Crippen LogP contribution in [-0.4, -0.2) is 181 Å². The van der Waals surface area contributed by atoms with Gasteiger partial charge in [-0.3, -0.25) is 48.5 Å². The SMILES string of the molecule is CC.CCCCNC(=O)C(CCCN=C(N)N)NC(=O)[C@@H](Cc1ccc(-c2ccccc2)cc1)NC(=O)CN1CCN(CC)CCN(CC(=O)O)CCN(CC(=O)O)CC1.O=CO. The predicted octanol–water partition coefficient (Wildman–Crippen LogP) is 0.973. The van der Waals surface area contributed by atoms with E-state index < -0.39 is 35.8 Å². The molecule has 0 aliphatic carbocycles. The summed E-state index contributed by atoms with van der Waals surface area (Å²) >= 11 is 0. The fourth-order valence-corrected chi connectivity index (χ4v) is 6.66. The number of aliphatic carboxylic acids is 2. The van der Waals surface area contributed by atoms with Crippen LogP contribution in [0.25, 0.3) is 11.1 Å². The lowest BCUT2D eigenvalue weighted by atomic mass is 10.00. The molecule has 1 unspecified atom stereocenters. The second kappa shape index (κ2) is 33.0. The van der Waals surface area contributed by atoms with E-state index in [1.165, 1.54) is 0 Å². The highest BCUT2D eigenvalue weighted by Crippen LogP contribution is 2.20. The fraction of sp³-hybridized carbons (Fsp3) is 0.568. The Bertz CT molecular complexity index is 1660. The molecule has 1 fully saturated rings. The van der Waals surface area contributed by atoms with Gasteiger partial charge in [0.05, 0.1) is 19.6 Å². The molecule has 10 N–H and O–H groups in total. The number of hydrogen-bond donors (Lipinski definition) is 8. The summed E-state index contributed by atoms with van der Waals surface area (Å²) in [6.07, 6.45) is 2.53. The molecule has 0 radical (unpaired) electrons. The van der Waals surface area contributed by atoms with Gasteiger partial charge in [-0.15, -0.1) is 0 Å². The van der Waals surface area contributed by atoms with Crippen LogP contribution in [0.15, 0.2) is 59.6 Å². The number of carboxylic acids is 2. The number of nitrogens with zero attached hydrogens (tertiary/aromatic N) is 5. The zero-order valence-electron chi connectivity index (χ0n) is 37.5. The van der Waals surface area contributed by atoms with Gasteiger partial charge in [-0.2, -0.15) is 0 Å². The van der Waals surface area contributed by atoms with E-state index in [2.05, 4.69) is 25.8 Å². The van der Waals surface area contributed by atoms with Crippen molar-refractivity contribution in [1.82, 2.24) is 35.6 Å². The molecular formula is C44H72N10O9. The topological polar surface area (TPSA) is 277 Å². The van der Waals surface area contributed by atoms with Crippen LogP contribution >= 0.6 is 0 Å². The molecule has 0 saturated carbocycles. The Labute approximate surface area is 372 Å². The van der Waals surface area contributed by atoms with Crippen molar-refractivity contribution >= 4 is 42.1 Å². The molecule has 2 atom stereocenters. The molecule has 19 nitrogen and oxygen atoms in total. The van der Waals surface area contributed by atoms with Gasteiger partial charge in [-0.1, -0.05) is 88.7 Å². The van der Waals surface area contributed by atoms with Gasteiger partial charge in [-0.25, -0.2) is 0 Å². The van der Waals surface area contributed by atoms with E-state index in [0.717, 1.165) is 36.1 Å². The van der Waals surface area contributed by atoms with Crippen molar-refractivity contribution in [2.45, 2.75) is 71.9 Å². The average Bonchev–Trinajstić information content (AvgIpc) is 3.25. The summed E-state index contributed by atoms with van der Waals surface area (Å²) in [5, 5.41) is 34.7. The smallest absolute Gasteiger partial charge is 0.317 e. The number of likely N-dealkylation sites (N-methyl/N-ethyl adjacent to an activating group) is 1. The minimum absolute atomic E-state index is 0.0558. The summed E-state index contributed by atoms with van der Waals surface area (Å²) in [7, 11) is 0. The molecule has 0 aromatic heterocycles. The maximum atomic E-state index is 14.1. The summed E-state index contributed by atoms with van der Waals surface area (Å²) in [6, 6.07) is 15.8. The van der Waals surface area contributed by atoms with Gasteiger partial charge in [0.15, 0.2) is 5.96 Å². The molecule has 0 spiro atoms. The number of nitrogens with two attached hydrogens (primary N) is 2. The third kappa shape index (κ3) is 24.6. The lowest BCUT2D eigenvalue weighted by molar-refractivity contribution is -0.140. The third-order valence-electron chi connectivity index (χ3n) is 10.0. The first-order chi connectivity index (χ1) is 30.3. The summed E-state index contributed by atoms with van der Waals surface area (Å²) in [5.74, 6) is -3.25. The highest BCUT2D eigenvalue weighted by atomic mass is 16.4. The first kappa shape index (κ1) is 55.4. The van der Waals surface area contributed by atoms with Crippen LogP contribution in [0.4, 0.5) is 0 Å². The number of rotatable bonds is 21. The van der Waals surface area contributed by atoms with E-state index in [4.69, 9.17) is 21.4 Å². The lowest BCUT2D eigenvalue weighted by Gasteiger charge is -2.33. The molecule has 1 aliphatic heterocycles. The second-order valence-electron chi connectivity index (χ2n) is 14.7. The van der Waals surface area contributed by atoms with E-state index in [0.29, 0.717) is 65.3 Å². The highest BCUT2D eigenvalue weighted by Gasteiger charge is 2.28. The van der Waals surface area contributed by atoms with Crippen LogP contribution in [0.2, 0.25) is 0 Å². The largest absolute Gasteiger partial charge is 0.483 e. The monoisotopic (exact) mass is 885 g/mol. The van der Waals surface area contributed by atoms with Gasteiger partial charge in [0.2, 0.25) is 17.7 Å². The molecule has 3 rings (SSSR count). The summed E-state index contributed by atoms with van der Waals surface area (Å²) < 4.78 is 0. The maximum absolute atomic E-state index is 14.1. The van der Waals surface area contributed by atoms with Gasteiger partial charge < -0.3 is 47.6 Å². The standard InChI is InChI=1S/C41H64N10O7.C2H6.CH2O2/c1-3-5-17-44-39(57)34(12-9-18-45-41(42)43)47-40(58)35(27-31-13-15-33(16-14-31)32-10-7-6-8-11-32)46-36(52)28-49-21-19-48(4-2)20-22-50(29-37(53)54)25-26-51(24-23-49)30-38(55)56;1-2;2-1-3/h6-8,10-11,13-16,34-35H,3-5,9,12,17-30H2,1-2H3,(H,44,57)(H,46,52)(H,47,58)(H,53,54)(H,55,56)(H4,42,43,45);1-2H3;1H,(H,2,3)/t34?,35-;;/m1../s1. The fourth-order valence-electron chi connectivity index (χ4n) is 6.66. The quantitative estimate of drug-likeness (QED) is 0.0376. The van der Waals surface area contributed by atoms with E-state index >= 15 is 0 Å². The van der Waals surface area contributed by atoms with E-state index in [9.17, 15) is 34.2 Å². The molecule has 3 amide bonds. The number of nitrogens with one attached hydrogen (secondary N) is 3. The van der Waals surface area contributed by atoms with Crippen molar-refractivity contribution in [3.8, 4) is 11.1 Å². The van der Waals surface area contributed by atoms with Crippen LogP contribution in [0, 0.1) is 0 Å². The van der Waals surface area contributed by atoms with Crippen molar-refractivity contribution in [3.05, 3.63) is 60.2 Å². The van der Waals surface area contributed by atoms with Crippen molar-refractivity contribution in [2.75, 3.05) is 91.6 Å². The molecule has 0 bridgehead atoms. The number of unbranched alkanes of at least 4 members (excludes halogenated alkanes) is 1. The Hall–Kier alpha value is -5.63. The summed E-state index contributed by atoms with van der Waals surface area (Å²) in [4.78, 5) is 84.7. The van der Waals surface area contributed by atoms with E-state index in [-0.39, 0.29) is 57.4 Å². The predicted molar refractivity (Wildman–Crippen MR) is 244 cm³/mol. The van der Waals surface area contributed by atoms with Gasteiger partial charge >= 0.3 is 11.9 Å². The van der Waals surface area contributed by atoms with Crippen LogP contribution in [0.5, 0.6) is 0 Å². The zero-order valence-corrected chi connectivity index (χ0v) is 37.5. The Morgan fingerprint density at radius 2 is 1.19 bits per heavy atom. The number of carbonyl (C=O) groups is 6. The normalized spacial score (nSPS) is 15.2. The van der Waals surface area contributed by atoms with Gasteiger partial charge in [0, 0.05) is 71.9 Å². The Balaban J connectivity index is 0.00000380. The van der Waals surface area contributed by atoms with Gasteiger partial charge in [0.25, 0.3) is 6.47 Å². The number of carboxylic acid groups (broad SMARTS) is 3. The lowest BCUT2D eigenvalue weighted by Crippen LogP contribution is -2.56. The van der Waals surface area contributed by atoms with Crippen LogP contribution in [-0.2, 0) is 35.2 Å². The molecule has 63 heavy (non-hydrogen) atoms. The number of carbonyl (C=O) groups excluding carboxylic acids is 3. The molecule has 1 heterocycles. The maximum Gasteiger partial charge on any atom is 0.317 e. The highest BCUT2D eigenvalue weighted by molar-refractivity contribution is 5.92. The second-order valence-corrected chi connectivity index (χ2v) is 14.7. The number of hydrogen-bond acceptors (Lipinski definition) is 11. The number of guanidine groups is 1.